The third kappa shape index (κ3) is 3.42. The van der Waals surface area contributed by atoms with E-state index in [0.717, 1.165) is 16.0 Å². The first-order valence-corrected chi connectivity index (χ1v) is 10.7. The van der Waals surface area contributed by atoms with Gasteiger partial charge in [0, 0.05) is 30.5 Å². The number of hydrogen-bond donors (Lipinski definition) is 0. The molecule has 3 heterocycles. The highest BCUT2D eigenvalue weighted by Crippen LogP contribution is 2.41. The molecule has 152 valence electrons. The third-order valence-corrected chi connectivity index (χ3v) is 7.25. The molecule has 0 radical (unpaired) electrons. The van der Waals surface area contributed by atoms with E-state index in [0.29, 0.717) is 35.1 Å². The largest absolute Gasteiger partial charge is 0.337 e. The molecule has 2 aromatic rings. The smallest absolute Gasteiger partial charge is 0.257 e. The lowest BCUT2D eigenvalue weighted by Crippen LogP contribution is -2.38. The van der Waals surface area contributed by atoms with Gasteiger partial charge in [0.15, 0.2) is 0 Å². The van der Waals surface area contributed by atoms with E-state index in [1.165, 1.54) is 16.2 Å². The lowest BCUT2D eigenvalue weighted by Gasteiger charge is -2.30. The number of fused-ring (bicyclic) bond motifs is 3. The Morgan fingerprint density at radius 3 is 2.52 bits per heavy atom. The van der Waals surface area contributed by atoms with Crippen LogP contribution in [0.1, 0.15) is 39.2 Å². The van der Waals surface area contributed by atoms with Gasteiger partial charge in [0.05, 0.1) is 18.0 Å². The zero-order chi connectivity index (χ0) is 20.9. The van der Waals surface area contributed by atoms with E-state index in [1.54, 1.807) is 31.1 Å². The Morgan fingerprint density at radius 2 is 1.83 bits per heavy atom. The van der Waals surface area contributed by atoms with Crippen LogP contribution in [0.25, 0.3) is 0 Å². The summed E-state index contributed by atoms with van der Waals surface area (Å²) in [4.78, 5) is 44.2. The Hall–Kier alpha value is -2.38. The molecule has 8 heteroatoms. The first kappa shape index (κ1) is 19.9. The van der Waals surface area contributed by atoms with Crippen molar-refractivity contribution in [3.05, 3.63) is 50.9 Å². The predicted octanol–water partition coefficient (Wildman–Crippen LogP) is 3.14. The van der Waals surface area contributed by atoms with Crippen molar-refractivity contribution in [2.24, 2.45) is 0 Å². The van der Waals surface area contributed by atoms with Gasteiger partial charge >= 0.3 is 0 Å². The maximum absolute atomic E-state index is 13.1. The standard InChI is InChI=1S/C21H22ClN3O3S/c1-12(13-4-6-14(22)7-5-13)19(27)25-9-8-15-16(10-25)29-21-18(15)20(28)23(2)11-17(26)24(21)3/h4-7,12H,8-11H2,1-3H3. The van der Waals surface area contributed by atoms with Crippen molar-refractivity contribution in [2.75, 3.05) is 32.1 Å². The molecule has 1 aromatic carbocycles. The Morgan fingerprint density at radius 1 is 1.14 bits per heavy atom. The van der Waals surface area contributed by atoms with Gasteiger partial charge in [-0.25, -0.2) is 0 Å². The van der Waals surface area contributed by atoms with Crippen LogP contribution < -0.4 is 4.90 Å². The van der Waals surface area contributed by atoms with Crippen molar-refractivity contribution in [3.8, 4) is 0 Å². The number of nitrogens with zero attached hydrogens (tertiary/aromatic N) is 3. The van der Waals surface area contributed by atoms with E-state index in [4.69, 9.17) is 11.6 Å². The Kier molecular flexibility index (Phi) is 5.12. The minimum absolute atomic E-state index is 0.0504. The Labute approximate surface area is 178 Å². The topological polar surface area (TPSA) is 60.9 Å². The Balaban J connectivity index is 1.61. The summed E-state index contributed by atoms with van der Waals surface area (Å²) in [5, 5.41) is 1.33. The molecule has 0 spiro atoms. The molecule has 3 amide bonds. The summed E-state index contributed by atoms with van der Waals surface area (Å²) in [5.41, 5.74) is 2.53. The normalized spacial score (nSPS) is 17.7. The second-order valence-electron chi connectivity index (χ2n) is 7.58. The molecule has 0 fully saturated rings. The number of anilines is 1. The lowest BCUT2D eigenvalue weighted by atomic mass is 9.97. The molecular weight excluding hydrogens is 410 g/mol. The second-order valence-corrected chi connectivity index (χ2v) is 9.10. The van der Waals surface area contributed by atoms with Crippen LogP contribution >= 0.6 is 22.9 Å². The number of amides is 3. The van der Waals surface area contributed by atoms with Gasteiger partial charge in [0.2, 0.25) is 11.8 Å². The van der Waals surface area contributed by atoms with Crippen molar-refractivity contribution in [3.63, 3.8) is 0 Å². The van der Waals surface area contributed by atoms with E-state index in [2.05, 4.69) is 0 Å². The van der Waals surface area contributed by atoms with Crippen molar-refractivity contribution in [1.82, 2.24) is 9.80 Å². The van der Waals surface area contributed by atoms with Gasteiger partial charge < -0.3 is 14.7 Å². The first-order valence-electron chi connectivity index (χ1n) is 9.48. The molecule has 1 aromatic heterocycles. The van der Waals surface area contributed by atoms with Crippen molar-refractivity contribution in [2.45, 2.75) is 25.8 Å². The molecule has 4 rings (SSSR count). The van der Waals surface area contributed by atoms with Gasteiger partial charge in [0.25, 0.3) is 5.91 Å². The van der Waals surface area contributed by atoms with Gasteiger partial charge in [-0.05, 0) is 36.6 Å². The predicted molar refractivity (Wildman–Crippen MR) is 114 cm³/mol. The molecule has 0 aliphatic carbocycles. The van der Waals surface area contributed by atoms with Gasteiger partial charge in [0.1, 0.15) is 11.5 Å². The van der Waals surface area contributed by atoms with E-state index in [1.807, 2.05) is 24.0 Å². The second kappa shape index (κ2) is 7.46. The van der Waals surface area contributed by atoms with Crippen LogP contribution in [0.15, 0.2) is 24.3 Å². The maximum Gasteiger partial charge on any atom is 0.257 e. The highest BCUT2D eigenvalue weighted by molar-refractivity contribution is 7.17. The van der Waals surface area contributed by atoms with Crippen molar-refractivity contribution in [1.29, 1.82) is 0 Å². The van der Waals surface area contributed by atoms with Gasteiger partial charge in [-0.1, -0.05) is 23.7 Å². The summed E-state index contributed by atoms with van der Waals surface area (Å²) in [6, 6.07) is 7.34. The monoisotopic (exact) mass is 431 g/mol. The van der Waals surface area contributed by atoms with Gasteiger partial charge in [-0.3, -0.25) is 14.4 Å². The summed E-state index contributed by atoms with van der Waals surface area (Å²) in [5.74, 6) is -0.454. The number of thiophene rings is 1. The fourth-order valence-electron chi connectivity index (χ4n) is 3.89. The minimum atomic E-state index is -0.274. The number of carbonyl (C=O) groups excluding carboxylic acids is 3. The van der Waals surface area contributed by atoms with Crippen LogP contribution in [0.3, 0.4) is 0 Å². The highest BCUT2D eigenvalue weighted by Gasteiger charge is 2.36. The quantitative estimate of drug-likeness (QED) is 0.733. The fourth-order valence-corrected chi connectivity index (χ4v) is 5.35. The number of halogens is 1. The zero-order valence-corrected chi connectivity index (χ0v) is 18.1. The maximum atomic E-state index is 13.1. The molecule has 1 atom stereocenters. The van der Waals surface area contributed by atoms with E-state index in [9.17, 15) is 14.4 Å². The molecule has 6 nitrogen and oxygen atoms in total. The molecule has 2 aliphatic rings. The van der Waals surface area contributed by atoms with Crippen LogP contribution in [0.5, 0.6) is 0 Å². The number of rotatable bonds is 2. The third-order valence-electron chi connectivity index (χ3n) is 5.70. The summed E-state index contributed by atoms with van der Waals surface area (Å²) < 4.78 is 0. The summed E-state index contributed by atoms with van der Waals surface area (Å²) in [6.07, 6.45) is 0.613. The Bertz CT molecular complexity index is 1000. The van der Waals surface area contributed by atoms with Crippen LogP contribution in [0, 0.1) is 0 Å². The molecule has 0 saturated carbocycles. The molecule has 0 saturated heterocycles. The molecule has 0 N–H and O–H groups in total. The molecule has 2 aliphatic heterocycles. The SMILES string of the molecule is CC(C(=O)N1CCc2c(sc3c2C(=O)N(C)CC(=O)N3C)C1)c1ccc(Cl)cc1. The van der Waals surface area contributed by atoms with Gasteiger partial charge in [-0.15, -0.1) is 11.3 Å². The highest BCUT2D eigenvalue weighted by atomic mass is 35.5. The number of benzene rings is 1. The van der Waals surface area contributed by atoms with Crippen LogP contribution in [0.2, 0.25) is 5.02 Å². The summed E-state index contributed by atoms with van der Waals surface area (Å²) in [6.45, 7) is 2.99. The number of likely N-dealkylation sites (N-methyl/N-ethyl adjacent to an activating group) is 2. The number of hydrogen-bond acceptors (Lipinski definition) is 4. The minimum Gasteiger partial charge on any atom is -0.337 e. The van der Waals surface area contributed by atoms with Crippen LogP contribution in [-0.4, -0.2) is 54.7 Å². The van der Waals surface area contributed by atoms with Gasteiger partial charge in [-0.2, -0.15) is 0 Å². The van der Waals surface area contributed by atoms with Crippen molar-refractivity contribution < 1.29 is 14.4 Å². The van der Waals surface area contributed by atoms with Crippen molar-refractivity contribution >= 4 is 45.7 Å². The molecule has 29 heavy (non-hydrogen) atoms. The molecular formula is C21H22ClN3O3S. The summed E-state index contributed by atoms with van der Waals surface area (Å²) >= 11 is 7.40. The summed E-state index contributed by atoms with van der Waals surface area (Å²) in [7, 11) is 3.36. The van der Waals surface area contributed by atoms with Crippen LogP contribution in [-0.2, 0) is 22.6 Å². The van der Waals surface area contributed by atoms with E-state index < -0.39 is 0 Å². The molecule has 1 unspecified atom stereocenters. The molecule has 0 bridgehead atoms. The lowest BCUT2D eigenvalue weighted by molar-refractivity contribution is -0.133. The van der Waals surface area contributed by atoms with Crippen LogP contribution in [0.4, 0.5) is 5.00 Å². The van der Waals surface area contributed by atoms with E-state index >= 15 is 0 Å². The fraction of sp³-hybridized carbons (Fsp3) is 0.381. The first-order chi connectivity index (χ1) is 13.8. The average Bonchev–Trinajstić information content (AvgIpc) is 3.07. The van der Waals surface area contributed by atoms with E-state index in [-0.39, 0.29) is 30.2 Å². The zero-order valence-electron chi connectivity index (χ0n) is 16.6. The number of carbonyl (C=O) groups is 3. The average molecular weight is 432 g/mol.